The van der Waals surface area contributed by atoms with Gasteiger partial charge >= 0.3 is 8.56 Å². The van der Waals surface area contributed by atoms with Gasteiger partial charge in [0.2, 0.25) is 0 Å². The summed E-state index contributed by atoms with van der Waals surface area (Å²) in [6.45, 7) is 12.2. The predicted octanol–water partition coefficient (Wildman–Crippen LogP) is 8.00. The second-order valence-corrected chi connectivity index (χ2v) is 11.5. The fraction of sp³-hybridized carbons (Fsp3) is 1.00. The second-order valence-electron chi connectivity index (χ2n) is 7.72. The molecule has 0 fully saturated rings. The minimum Gasteiger partial charge on any atom is -0.394 e. The summed E-state index contributed by atoms with van der Waals surface area (Å²) in [6, 6.07) is 2.17. The molecular weight excluding hydrogens is 324 g/mol. The Kier molecular flexibility index (Phi) is 17.6. The number of hydrogen-bond donors (Lipinski definition) is 0. The van der Waals surface area contributed by atoms with Crippen LogP contribution in [0.1, 0.15) is 118 Å². The number of unbranched alkanes of at least 4 members (excludes halogenated alkanes) is 10. The lowest BCUT2D eigenvalue weighted by molar-refractivity contribution is 0.114. The maximum Gasteiger partial charge on any atom is 0.337 e. The molecule has 1 atom stereocenters. The molecule has 1 unspecified atom stereocenters. The zero-order valence-corrected chi connectivity index (χ0v) is 19.2. The van der Waals surface area contributed by atoms with Crippen LogP contribution in [0.2, 0.25) is 12.1 Å². The van der Waals surface area contributed by atoms with E-state index >= 15 is 0 Å². The molecule has 0 rings (SSSR count). The Bertz CT molecular complexity index is 267. The predicted molar refractivity (Wildman–Crippen MR) is 115 cm³/mol. The van der Waals surface area contributed by atoms with Gasteiger partial charge in [-0.25, -0.2) is 0 Å². The average Bonchev–Trinajstić information content (AvgIpc) is 2.63. The fourth-order valence-corrected chi connectivity index (χ4v) is 6.11. The average molecular weight is 373 g/mol. The summed E-state index contributed by atoms with van der Waals surface area (Å²) >= 11 is 0. The van der Waals surface area contributed by atoms with Crippen LogP contribution in [0.3, 0.4) is 0 Å². The number of hydrogen-bond acceptors (Lipinski definition) is 2. The molecule has 0 heterocycles. The lowest BCUT2D eigenvalue weighted by Gasteiger charge is -2.32. The van der Waals surface area contributed by atoms with E-state index < -0.39 is 8.56 Å². The monoisotopic (exact) mass is 372 g/mol. The van der Waals surface area contributed by atoms with Crippen LogP contribution in [0.25, 0.3) is 0 Å². The third-order valence-corrected chi connectivity index (χ3v) is 9.04. The van der Waals surface area contributed by atoms with Gasteiger partial charge in [-0.15, -0.1) is 0 Å². The van der Waals surface area contributed by atoms with Gasteiger partial charge in [0.25, 0.3) is 0 Å². The first-order chi connectivity index (χ1) is 12.1. The molecule has 0 aliphatic carbocycles. The normalized spacial score (nSPS) is 13.3. The Balaban J connectivity index is 3.94. The molecule has 3 heteroatoms. The second kappa shape index (κ2) is 17.5. The Morgan fingerprint density at radius 2 is 1.12 bits per heavy atom. The summed E-state index contributed by atoms with van der Waals surface area (Å²) < 4.78 is 12.9. The van der Waals surface area contributed by atoms with Crippen LogP contribution in [0.5, 0.6) is 0 Å². The van der Waals surface area contributed by atoms with E-state index in [0.29, 0.717) is 6.10 Å². The van der Waals surface area contributed by atoms with Crippen LogP contribution in [-0.2, 0) is 8.85 Å². The highest BCUT2D eigenvalue weighted by atomic mass is 28.4. The van der Waals surface area contributed by atoms with Gasteiger partial charge in [0.1, 0.15) is 0 Å². The van der Waals surface area contributed by atoms with Crippen LogP contribution in [0.15, 0.2) is 0 Å². The van der Waals surface area contributed by atoms with E-state index in [1.807, 2.05) is 0 Å². The van der Waals surface area contributed by atoms with Gasteiger partial charge in [-0.1, -0.05) is 98.3 Å². The van der Waals surface area contributed by atoms with Crippen LogP contribution in [0.4, 0.5) is 0 Å². The van der Waals surface area contributed by atoms with E-state index in [-0.39, 0.29) is 0 Å². The van der Waals surface area contributed by atoms with Crippen molar-refractivity contribution in [2.24, 2.45) is 0 Å². The van der Waals surface area contributed by atoms with Crippen LogP contribution in [0, 0.1) is 0 Å². The van der Waals surface area contributed by atoms with Crippen molar-refractivity contribution in [3.63, 3.8) is 0 Å². The van der Waals surface area contributed by atoms with E-state index in [0.717, 1.165) is 18.7 Å². The molecule has 0 aromatic carbocycles. The zero-order valence-electron chi connectivity index (χ0n) is 18.2. The Morgan fingerprint density at radius 1 is 0.640 bits per heavy atom. The van der Waals surface area contributed by atoms with Crippen LogP contribution in [-0.4, -0.2) is 21.3 Å². The van der Waals surface area contributed by atoms with Crippen molar-refractivity contribution in [2.75, 3.05) is 6.61 Å². The van der Waals surface area contributed by atoms with Gasteiger partial charge in [-0.05, 0) is 31.9 Å². The molecule has 0 aromatic rings. The zero-order chi connectivity index (χ0) is 18.8. The third kappa shape index (κ3) is 13.9. The lowest BCUT2D eigenvalue weighted by atomic mass is 10.1. The highest BCUT2D eigenvalue weighted by Gasteiger charge is 2.35. The van der Waals surface area contributed by atoms with Crippen molar-refractivity contribution in [3.05, 3.63) is 0 Å². The molecule has 0 saturated heterocycles. The molecule has 0 radical (unpaired) electrons. The molecule has 0 N–H and O–H groups in total. The topological polar surface area (TPSA) is 18.5 Å². The van der Waals surface area contributed by atoms with Crippen molar-refractivity contribution in [3.8, 4) is 0 Å². The molecule has 0 amide bonds. The summed E-state index contributed by atoms with van der Waals surface area (Å²) in [5.74, 6) is 0. The molecule has 152 valence electrons. The van der Waals surface area contributed by atoms with E-state index in [2.05, 4.69) is 34.6 Å². The van der Waals surface area contributed by atoms with E-state index in [1.54, 1.807) is 0 Å². The molecular formula is C22H48O2Si. The molecule has 0 spiro atoms. The van der Waals surface area contributed by atoms with E-state index in [9.17, 15) is 0 Å². The molecule has 25 heavy (non-hydrogen) atoms. The largest absolute Gasteiger partial charge is 0.394 e. The summed E-state index contributed by atoms with van der Waals surface area (Å²) in [5.41, 5.74) is 0. The van der Waals surface area contributed by atoms with Gasteiger partial charge in [-0.2, -0.15) is 0 Å². The standard InChI is InChI=1S/C22H48O2Si/c1-6-10-12-14-16-18-20-22(5)24-25(8-3,9-4)23-21-19-17-15-13-11-7-2/h22H,6-21H2,1-5H3. The molecule has 0 aliphatic heterocycles. The van der Waals surface area contributed by atoms with Gasteiger partial charge < -0.3 is 8.85 Å². The summed E-state index contributed by atoms with van der Waals surface area (Å²) in [5, 5.41) is 0. The lowest BCUT2D eigenvalue weighted by Crippen LogP contribution is -2.43. The maximum atomic E-state index is 6.53. The van der Waals surface area contributed by atoms with E-state index in [4.69, 9.17) is 8.85 Å². The Morgan fingerprint density at radius 3 is 1.64 bits per heavy atom. The van der Waals surface area contributed by atoms with Gasteiger partial charge in [0.05, 0.1) is 0 Å². The van der Waals surface area contributed by atoms with Gasteiger partial charge in [0, 0.05) is 12.7 Å². The molecule has 0 aromatic heterocycles. The molecule has 0 saturated carbocycles. The summed E-state index contributed by atoms with van der Waals surface area (Å²) in [7, 11) is -1.96. The van der Waals surface area contributed by atoms with Crippen molar-refractivity contribution in [1.29, 1.82) is 0 Å². The van der Waals surface area contributed by atoms with Gasteiger partial charge in [0.15, 0.2) is 0 Å². The van der Waals surface area contributed by atoms with Crippen LogP contribution < -0.4 is 0 Å². The highest BCUT2D eigenvalue weighted by molar-refractivity contribution is 6.67. The Hall–Kier alpha value is 0.137. The first kappa shape index (κ1) is 25.1. The SMILES string of the molecule is CCCCCCCCO[Si](CC)(CC)OC(C)CCCCCCCC. The van der Waals surface area contributed by atoms with Gasteiger partial charge in [-0.3, -0.25) is 0 Å². The van der Waals surface area contributed by atoms with Crippen LogP contribution >= 0.6 is 0 Å². The quantitative estimate of drug-likeness (QED) is 0.169. The molecule has 0 aliphatic rings. The minimum atomic E-state index is -1.96. The fourth-order valence-electron chi connectivity index (χ4n) is 3.43. The molecule has 0 bridgehead atoms. The molecule has 2 nitrogen and oxygen atoms in total. The van der Waals surface area contributed by atoms with Crippen molar-refractivity contribution >= 4 is 8.56 Å². The minimum absolute atomic E-state index is 0.363. The number of rotatable bonds is 19. The first-order valence-corrected chi connectivity index (χ1v) is 13.7. The smallest absolute Gasteiger partial charge is 0.337 e. The summed E-state index contributed by atoms with van der Waals surface area (Å²) in [4.78, 5) is 0. The maximum absolute atomic E-state index is 6.53. The summed E-state index contributed by atoms with van der Waals surface area (Å²) in [6.07, 6.45) is 17.7. The van der Waals surface area contributed by atoms with Crippen molar-refractivity contribution < 1.29 is 8.85 Å². The van der Waals surface area contributed by atoms with Crippen molar-refractivity contribution in [1.82, 2.24) is 0 Å². The van der Waals surface area contributed by atoms with E-state index in [1.165, 1.54) is 83.5 Å². The Labute approximate surface area is 160 Å². The first-order valence-electron chi connectivity index (χ1n) is 11.5. The highest BCUT2D eigenvalue weighted by Crippen LogP contribution is 2.23. The van der Waals surface area contributed by atoms with Crippen molar-refractivity contribution in [2.45, 2.75) is 136 Å². The third-order valence-electron chi connectivity index (χ3n) is 5.32.